The van der Waals surface area contributed by atoms with Crippen molar-refractivity contribution >= 4 is 35.9 Å². The van der Waals surface area contributed by atoms with Gasteiger partial charge < -0.3 is 39.8 Å². The van der Waals surface area contributed by atoms with Gasteiger partial charge in [-0.25, -0.2) is 9.59 Å². The van der Waals surface area contributed by atoms with Crippen LogP contribution in [0.3, 0.4) is 0 Å². The first kappa shape index (κ1) is 45.4. The third-order valence-corrected chi connectivity index (χ3v) is 8.61. The topological polar surface area (TPSA) is 181 Å². The van der Waals surface area contributed by atoms with Crippen LogP contribution >= 0.6 is 0 Å². The summed E-state index contributed by atoms with van der Waals surface area (Å²) in [6.45, 7) is 18.3. The van der Waals surface area contributed by atoms with Crippen molar-refractivity contribution < 1.29 is 48.1 Å². The van der Waals surface area contributed by atoms with Crippen LogP contribution in [0.5, 0.6) is 0 Å². The van der Waals surface area contributed by atoms with Crippen LogP contribution in [-0.4, -0.2) is 107 Å². The number of aliphatic carboxylic acids is 1. The molecule has 4 amide bonds. The molecule has 0 heterocycles. The van der Waals surface area contributed by atoms with Gasteiger partial charge in [-0.3, -0.25) is 19.2 Å². The summed E-state index contributed by atoms with van der Waals surface area (Å²) >= 11 is 0. The average molecular weight is 727 g/mol. The van der Waals surface area contributed by atoms with Gasteiger partial charge in [-0.2, -0.15) is 0 Å². The number of nitrogens with one attached hydrogen (secondary N) is 2. The molecule has 14 heteroatoms. The summed E-state index contributed by atoms with van der Waals surface area (Å²) in [5, 5.41) is 14.4. The summed E-state index contributed by atoms with van der Waals surface area (Å²) in [7, 11) is 1.30. The van der Waals surface area contributed by atoms with Crippen molar-refractivity contribution in [3.05, 3.63) is 0 Å². The van der Waals surface area contributed by atoms with Crippen molar-refractivity contribution in [1.29, 1.82) is 0 Å². The molecule has 14 nitrogen and oxygen atoms in total. The Labute approximate surface area is 305 Å². The molecular weight excluding hydrogens is 660 g/mol. The molecule has 294 valence electrons. The zero-order valence-electron chi connectivity index (χ0n) is 33.0. The average Bonchev–Trinajstić information content (AvgIpc) is 3.70. The zero-order chi connectivity index (χ0) is 39.1. The minimum absolute atomic E-state index is 0.106. The van der Waals surface area contributed by atoms with Crippen LogP contribution in [0.15, 0.2) is 0 Å². The Bertz CT molecular complexity index is 1150. The number of methoxy groups -OCH3 is 1. The molecule has 0 aromatic rings. The fourth-order valence-electron chi connectivity index (χ4n) is 6.15. The van der Waals surface area contributed by atoms with Crippen LogP contribution in [-0.2, 0) is 33.4 Å². The summed E-state index contributed by atoms with van der Waals surface area (Å²) in [5.41, 5.74) is -1.32. The SMILES string of the molecule is CC(C)[C@H](NC(=O)OC(C)(C)C)C(=O)N(CC(=O)O)CC1CCCC1.COC(=O)CN(CC1CCCC1)C(=O)[C@@H](NC(=O)OC(C)(C)C)C(C)C. The molecule has 0 bridgehead atoms. The van der Waals surface area contributed by atoms with Gasteiger partial charge in [-0.05, 0) is 90.9 Å². The number of carboxylic acids is 1. The second-order valence-corrected chi connectivity index (χ2v) is 16.4. The number of hydrogen-bond acceptors (Lipinski definition) is 9. The molecule has 2 rings (SSSR count). The molecule has 0 spiro atoms. The number of hydrogen-bond donors (Lipinski definition) is 3. The molecule has 0 aromatic carbocycles. The van der Waals surface area contributed by atoms with Gasteiger partial charge in [0, 0.05) is 13.1 Å². The maximum Gasteiger partial charge on any atom is 0.408 e. The monoisotopic (exact) mass is 726 g/mol. The molecule has 0 saturated heterocycles. The molecule has 2 fully saturated rings. The van der Waals surface area contributed by atoms with Gasteiger partial charge in [-0.15, -0.1) is 0 Å². The zero-order valence-corrected chi connectivity index (χ0v) is 33.0. The summed E-state index contributed by atoms with van der Waals surface area (Å²) in [6.07, 6.45) is 7.34. The van der Waals surface area contributed by atoms with Gasteiger partial charge >= 0.3 is 24.1 Å². The molecule has 2 saturated carbocycles. The van der Waals surface area contributed by atoms with Crippen LogP contribution in [0.2, 0.25) is 0 Å². The second-order valence-electron chi connectivity index (χ2n) is 16.4. The molecule has 0 aliphatic heterocycles. The van der Waals surface area contributed by atoms with Gasteiger partial charge in [-0.1, -0.05) is 53.4 Å². The Hall–Kier alpha value is -3.58. The lowest BCUT2D eigenvalue weighted by Gasteiger charge is -2.31. The highest BCUT2D eigenvalue weighted by molar-refractivity contribution is 5.89. The molecule has 0 aromatic heterocycles. The van der Waals surface area contributed by atoms with Crippen molar-refractivity contribution in [2.24, 2.45) is 23.7 Å². The number of rotatable bonds is 14. The van der Waals surface area contributed by atoms with E-state index in [9.17, 15) is 28.8 Å². The van der Waals surface area contributed by atoms with Crippen molar-refractivity contribution in [3.8, 4) is 0 Å². The van der Waals surface area contributed by atoms with Gasteiger partial charge in [0.1, 0.15) is 36.4 Å². The number of ether oxygens (including phenoxy) is 3. The second kappa shape index (κ2) is 21.1. The van der Waals surface area contributed by atoms with Crippen LogP contribution in [0.25, 0.3) is 0 Å². The van der Waals surface area contributed by atoms with Crippen molar-refractivity contribution in [1.82, 2.24) is 20.4 Å². The first-order chi connectivity index (χ1) is 23.5. The Kier molecular flexibility index (Phi) is 18.8. The summed E-state index contributed by atoms with van der Waals surface area (Å²) in [4.78, 5) is 76.0. The first-order valence-corrected chi connectivity index (χ1v) is 18.4. The molecule has 2 aliphatic carbocycles. The highest BCUT2D eigenvalue weighted by atomic mass is 16.6. The number of amides is 4. The Morgan fingerprint density at radius 3 is 1.25 bits per heavy atom. The van der Waals surface area contributed by atoms with Crippen LogP contribution in [0.4, 0.5) is 9.59 Å². The molecule has 51 heavy (non-hydrogen) atoms. The van der Waals surface area contributed by atoms with Gasteiger partial charge in [0.05, 0.1) is 7.11 Å². The molecular formula is C37H66N4O10. The summed E-state index contributed by atoms with van der Waals surface area (Å²) in [5.74, 6) is -1.75. The lowest BCUT2D eigenvalue weighted by Crippen LogP contribution is -2.54. The van der Waals surface area contributed by atoms with E-state index in [1.54, 1.807) is 41.5 Å². The van der Waals surface area contributed by atoms with Crippen molar-refractivity contribution in [3.63, 3.8) is 0 Å². The highest BCUT2D eigenvalue weighted by Crippen LogP contribution is 2.27. The molecule has 2 atom stereocenters. The number of carbonyl (C=O) groups excluding carboxylic acids is 5. The van der Waals surface area contributed by atoms with E-state index in [1.807, 2.05) is 27.7 Å². The lowest BCUT2D eigenvalue weighted by atomic mass is 10.0. The van der Waals surface area contributed by atoms with E-state index in [-0.39, 0.29) is 36.7 Å². The maximum absolute atomic E-state index is 13.1. The minimum atomic E-state index is -1.05. The van der Waals surface area contributed by atoms with E-state index in [4.69, 9.17) is 19.3 Å². The fraction of sp³-hybridized carbons (Fsp3) is 0.838. The Morgan fingerprint density at radius 1 is 0.647 bits per heavy atom. The largest absolute Gasteiger partial charge is 0.480 e. The quantitative estimate of drug-likeness (QED) is 0.156. The van der Waals surface area contributed by atoms with Gasteiger partial charge in [0.25, 0.3) is 0 Å². The molecule has 2 aliphatic rings. The summed E-state index contributed by atoms with van der Waals surface area (Å²) < 4.78 is 15.2. The number of esters is 1. The standard InChI is InChI=1S/C19H34N2O5.C18H32N2O5/c1-13(2)16(20-18(24)26-19(3,4)5)17(23)21(12-15(22)25-6)11-14-9-7-8-10-14;1-12(2)15(19-17(24)25-18(3,4)5)16(23)20(11-14(21)22)10-13-8-6-7-9-13/h13-14,16H,7-12H2,1-6H3,(H,20,24);12-13,15H,6-11H2,1-5H3,(H,19,24)(H,21,22)/t16-;15-/m00/s1. The third-order valence-electron chi connectivity index (χ3n) is 8.61. The number of carbonyl (C=O) groups is 6. The summed E-state index contributed by atoms with van der Waals surface area (Å²) in [6, 6.07) is -1.56. The predicted octanol–water partition coefficient (Wildman–Crippen LogP) is 5.37. The van der Waals surface area contributed by atoms with E-state index in [0.29, 0.717) is 24.9 Å². The normalized spacial score (nSPS) is 16.4. The van der Waals surface area contributed by atoms with Crippen molar-refractivity contribution in [2.75, 3.05) is 33.3 Å². The van der Waals surface area contributed by atoms with Crippen LogP contribution in [0, 0.1) is 23.7 Å². The maximum atomic E-state index is 13.1. The van der Waals surface area contributed by atoms with Gasteiger partial charge in [0.15, 0.2) is 0 Å². The highest BCUT2D eigenvalue weighted by Gasteiger charge is 2.34. The molecule has 0 unspecified atom stereocenters. The van der Waals surface area contributed by atoms with E-state index < -0.39 is 47.4 Å². The van der Waals surface area contributed by atoms with Gasteiger partial charge in [0.2, 0.25) is 11.8 Å². The number of alkyl carbamates (subject to hydrolysis) is 2. The fourth-order valence-corrected chi connectivity index (χ4v) is 6.15. The number of nitrogens with zero attached hydrogens (tertiary/aromatic N) is 2. The number of carboxylic acid groups (broad SMARTS) is 1. The Balaban J connectivity index is 0.000000510. The smallest absolute Gasteiger partial charge is 0.408 e. The molecule has 0 radical (unpaired) electrons. The Morgan fingerprint density at radius 2 is 0.980 bits per heavy atom. The van der Waals surface area contributed by atoms with E-state index in [2.05, 4.69) is 10.6 Å². The lowest BCUT2D eigenvalue weighted by molar-refractivity contribution is -0.148. The van der Waals surface area contributed by atoms with Crippen molar-refractivity contribution in [2.45, 2.75) is 144 Å². The predicted molar refractivity (Wildman–Crippen MR) is 193 cm³/mol. The van der Waals surface area contributed by atoms with Crippen LogP contribution in [0.1, 0.15) is 121 Å². The van der Waals surface area contributed by atoms with E-state index >= 15 is 0 Å². The van der Waals surface area contributed by atoms with E-state index in [0.717, 1.165) is 51.4 Å². The van der Waals surface area contributed by atoms with Crippen LogP contribution < -0.4 is 10.6 Å². The molecule has 3 N–H and O–H groups in total. The minimum Gasteiger partial charge on any atom is -0.480 e. The third kappa shape index (κ3) is 18.5. The first-order valence-electron chi connectivity index (χ1n) is 18.4. The van der Waals surface area contributed by atoms with E-state index in [1.165, 1.54) is 16.9 Å².